The standard InChI is InChI=1S/C22H30N6O2S.HI/c1-16-26-27-21(28(16)2)15-25-22(24-12-10-18-6-5-13-31-18)23-11-9-17-7-8-19(29-3)20(14-17)30-4;/h5-8,13-14H,9-12,15H2,1-4H3,(H2,23,24,25);1H. The Morgan fingerprint density at radius 1 is 1.06 bits per heavy atom. The average molecular weight is 571 g/mol. The maximum atomic E-state index is 5.40. The lowest BCUT2D eigenvalue weighted by molar-refractivity contribution is 0.354. The van der Waals surface area contributed by atoms with Crippen molar-refractivity contribution in [3.8, 4) is 11.5 Å². The fourth-order valence-electron chi connectivity index (χ4n) is 3.03. The van der Waals surface area contributed by atoms with Gasteiger partial charge in [0.25, 0.3) is 0 Å². The fraction of sp³-hybridized carbons (Fsp3) is 0.409. The Hall–Kier alpha value is -2.34. The summed E-state index contributed by atoms with van der Waals surface area (Å²) in [4.78, 5) is 6.06. The van der Waals surface area contributed by atoms with Crippen molar-refractivity contribution in [1.82, 2.24) is 25.4 Å². The van der Waals surface area contributed by atoms with E-state index < -0.39 is 0 Å². The zero-order valence-electron chi connectivity index (χ0n) is 18.9. The van der Waals surface area contributed by atoms with E-state index in [-0.39, 0.29) is 24.0 Å². The van der Waals surface area contributed by atoms with Gasteiger partial charge < -0.3 is 24.7 Å². The van der Waals surface area contributed by atoms with Gasteiger partial charge in [-0.05, 0) is 48.9 Å². The van der Waals surface area contributed by atoms with Crippen molar-refractivity contribution in [2.75, 3.05) is 27.3 Å². The van der Waals surface area contributed by atoms with Crippen LogP contribution in [0.1, 0.15) is 22.1 Å². The Balaban J connectivity index is 0.00000363. The molecule has 0 bridgehead atoms. The van der Waals surface area contributed by atoms with Gasteiger partial charge in [0.1, 0.15) is 12.4 Å². The largest absolute Gasteiger partial charge is 0.493 e. The summed E-state index contributed by atoms with van der Waals surface area (Å²) in [5.41, 5.74) is 1.16. The van der Waals surface area contributed by atoms with Gasteiger partial charge in [0, 0.05) is 25.0 Å². The molecule has 0 radical (unpaired) electrons. The molecule has 0 aliphatic carbocycles. The summed E-state index contributed by atoms with van der Waals surface area (Å²) in [7, 11) is 5.24. The van der Waals surface area contributed by atoms with Gasteiger partial charge in [-0.3, -0.25) is 0 Å². The van der Waals surface area contributed by atoms with E-state index in [2.05, 4.69) is 38.3 Å². The maximum Gasteiger partial charge on any atom is 0.191 e. The van der Waals surface area contributed by atoms with Crippen LogP contribution in [-0.2, 0) is 26.4 Å². The molecule has 2 N–H and O–H groups in total. The van der Waals surface area contributed by atoms with Gasteiger partial charge in [0.2, 0.25) is 0 Å². The van der Waals surface area contributed by atoms with Gasteiger partial charge in [-0.25, -0.2) is 4.99 Å². The zero-order valence-corrected chi connectivity index (χ0v) is 22.1. The predicted molar refractivity (Wildman–Crippen MR) is 140 cm³/mol. The van der Waals surface area contributed by atoms with E-state index in [0.29, 0.717) is 6.54 Å². The summed E-state index contributed by atoms with van der Waals surface area (Å²) in [5, 5.41) is 17.3. The quantitative estimate of drug-likeness (QED) is 0.221. The molecule has 3 rings (SSSR count). The van der Waals surface area contributed by atoms with E-state index >= 15 is 0 Å². The molecule has 0 saturated carbocycles. The lowest BCUT2D eigenvalue weighted by atomic mass is 10.1. The SMILES string of the molecule is COc1ccc(CCNC(=NCc2nnc(C)n2C)NCCc2cccs2)cc1OC.I. The number of ether oxygens (including phenoxy) is 2. The first-order valence-corrected chi connectivity index (χ1v) is 11.1. The molecule has 0 fully saturated rings. The minimum absolute atomic E-state index is 0. The number of aryl methyl sites for hydroxylation is 1. The average Bonchev–Trinajstić information content (AvgIpc) is 3.42. The van der Waals surface area contributed by atoms with Crippen LogP contribution < -0.4 is 20.1 Å². The number of nitrogens with one attached hydrogen (secondary N) is 2. The molecule has 0 unspecified atom stereocenters. The molecule has 0 saturated heterocycles. The van der Waals surface area contributed by atoms with E-state index in [0.717, 1.165) is 60.6 Å². The van der Waals surface area contributed by atoms with E-state index in [4.69, 9.17) is 14.5 Å². The minimum Gasteiger partial charge on any atom is -0.493 e. The molecule has 0 aliphatic heterocycles. The Morgan fingerprint density at radius 2 is 1.81 bits per heavy atom. The lowest BCUT2D eigenvalue weighted by Crippen LogP contribution is -2.39. The van der Waals surface area contributed by atoms with Gasteiger partial charge >= 0.3 is 0 Å². The normalized spacial score (nSPS) is 11.1. The zero-order chi connectivity index (χ0) is 22.1. The number of aliphatic imine (C=N–C) groups is 1. The molecule has 0 aliphatic rings. The van der Waals surface area contributed by atoms with Crippen molar-refractivity contribution >= 4 is 41.3 Å². The number of methoxy groups -OCH3 is 2. The van der Waals surface area contributed by atoms with Crippen LogP contribution in [0, 0.1) is 6.92 Å². The molecule has 3 aromatic rings. The van der Waals surface area contributed by atoms with Crippen LogP contribution in [-0.4, -0.2) is 48.0 Å². The molecule has 32 heavy (non-hydrogen) atoms. The Kier molecular flexibility index (Phi) is 10.7. The van der Waals surface area contributed by atoms with E-state index in [1.54, 1.807) is 25.6 Å². The van der Waals surface area contributed by atoms with Crippen LogP contribution in [0.3, 0.4) is 0 Å². The maximum absolute atomic E-state index is 5.40. The van der Waals surface area contributed by atoms with E-state index in [1.165, 1.54) is 4.88 Å². The third kappa shape index (κ3) is 7.37. The van der Waals surface area contributed by atoms with Crippen LogP contribution in [0.4, 0.5) is 0 Å². The number of hydrogen-bond acceptors (Lipinski definition) is 6. The Morgan fingerprint density at radius 3 is 2.44 bits per heavy atom. The number of nitrogens with zero attached hydrogens (tertiary/aromatic N) is 4. The summed E-state index contributed by atoms with van der Waals surface area (Å²) in [5.74, 6) is 3.93. The molecular weight excluding hydrogens is 539 g/mol. The highest BCUT2D eigenvalue weighted by Crippen LogP contribution is 2.27. The second-order valence-corrected chi connectivity index (χ2v) is 8.04. The van der Waals surface area contributed by atoms with Crippen LogP contribution in [0.5, 0.6) is 11.5 Å². The summed E-state index contributed by atoms with van der Waals surface area (Å²) in [6.45, 7) is 3.93. The van der Waals surface area contributed by atoms with Gasteiger partial charge in [-0.1, -0.05) is 12.1 Å². The molecule has 0 atom stereocenters. The summed E-state index contributed by atoms with van der Waals surface area (Å²) < 4.78 is 12.7. The smallest absolute Gasteiger partial charge is 0.191 e. The van der Waals surface area contributed by atoms with Crippen LogP contribution in [0.25, 0.3) is 0 Å². The van der Waals surface area contributed by atoms with Crippen LogP contribution in [0.2, 0.25) is 0 Å². The summed E-state index contributed by atoms with van der Waals surface area (Å²) >= 11 is 1.77. The molecule has 1 aromatic carbocycles. The van der Waals surface area contributed by atoms with E-state index in [9.17, 15) is 0 Å². The molecule has 2 aromatic heterocycles. The summed E-state index contributed by atoms with van der Waals surface area (Å²) in [6.07, 6.45) is 1.78. The van der Waals surface area contributed by atoms with E-state index in [1.807, 2.05) is 36.7 Å². The first-order chi connectivity index (χ1) is 15.1. The summed E-state index contributed by atoms with van der Waals surface area (Å²) in [6, 6.07) is 10.2. The number of rotatable bonds is 10. The second-order valence-electron chi connectivity index (χ2n) is 7.01. The number of aromatic nitrogens is 3. The molecular formula is C22H31IN6O2S. The molecule has 0 spiro atoms. The third-order valence-electron chi connectivity index (χ3n) is 4.96. The number of thiophene rings is 1. The van der Waals surface area contributed by atoms with Crippen molar-refractivity contribution in [2.45, 2.75) is 26.3 Å². The Labute approximate surface area is 210 Å². The number of hydrogen-bond donors (Lipinski definition) is 2. The topological polar surface area (TPSA) is 85.6 Å². The highest BCUT2D eigenvalue weighted by atomic mass is 127. The van der Waals surface area contributed by atoms with Crippen LogP contribution in [0.15, 0.2) is 40.7 Å². The first-order valence-electron chi connectivity index (χ1n) is 10.2. The van der Waals surface area contributed by atoms with Gasteiger partial charge in [0.15, 0.2) is 23.3 Å². The Bertz CT molecular complexity index is 990. The molecule has 10 heteroatoms. The van der Waals surface area contributed by atoms with Crippen LogP contribution >= 0.6 is 35.3 Å². The molecule has 0 amide bonds. The van der Waals surface area contributed by atoms with Crippen molar-refractivity contribution in [1.29, 1.82) is 0 Å². The fourth-order valence-corrected chi connectivity index (χ4v) is 3.74. The van der Waals surface area contributed by atoms with Gasteiger partial charge in [-0.15, -0.1) is 45.5 Å². The van der Waals surface area contributed by atoms with Gasteiger partial charge in [-0.2, -0.15) is 0 Å². The van der Waals surface area contributed by atoms with Crippen molar-refractivity contribution in [3.05, 3.63) is 57.8 Å². The van der Waals surface area contributed by atoms with Crippen molar-refractivity contribution in [2.24, 2.45) is 12.0 Å². The van der Waals surface area contributed by atoms with Crippen molar-refractivity contribution in [3.63, 3.8) is 0 Å². The second kappa shape index (κ2) is 13.3. The molecule has 2 heterocycles. The molecule has 8 nitrogen and oxygen atoms in total. The first kappa shape index (κ1) is 25.9. The highest BCUT2D eigenvalue weighted by molar-refractivity contribution is 14.0. The monoisotopic (exact) mass is 570 g/mol. The van der Waals surface area contributed by atoms with Gasteiger partial charge in [0.05, 0.1) is 14.2 Å². The number of halogens is 1. The number of benzene rings is 1. The number of guanidine groups is 1. The molecule has 174 valence electrons. The minimum atomic E-state index is 0. The van der Waals surface area contributed by atoms with Crippen molar-refractivity contribution < 1.29 is 9.47 Å². The highest BCUT2D eigenvalue weighted by Gasteiger charge is 2.07. The predicted octanol–water partition coefficient (Wildman–Crippen LogP) is 3.34. The third-order valence-corrected chi connectivity index (χ3v) is 5.90. The lowest BCUT2D eigenvalue weighted by Gasteiger charge is -2.13.